The minimum absolute atomic E-state index is 0.503. The molecule has 1 aliphatic rings. The van der Waals surface area contributed by atoms with Gasteiger partial charge in [-0.1, -0.05) is 164 Å². The smallest absolute Gasteiger partial charge is 0.0622 e. The SMILES string of the molecule is c1ccc([C]2c3ccccc3-c3cccc(C(c4ccccc4)(c4ccccc4)c4ccccc4)c32)cc1. The van der Waals surface area contributed by atoms with Gasteiger partial charge in [-0.25, -0.2) is 0 Å². The largest absolute Gasteiger partial charge is 0.0704 e. The molecule has 0 spiro atoms. The predicted molar refractivity (Wildman–Crippen MR) is 157 cm³/mol. The number of hydrogen-bond donors (Lipinski definition) is 0. The molecule has 0 atom stereocenters. The molecule has 0 saturated carbocycles. The first-order chi connectivity index (χ1) is 18.9. The van der Waals surface area contributed by atoms with Crippen LogP contribution in [0.4, 0.5) is 0 Å². The Hall–Kier alpha value is -4.68. The zero-order chi connectivity index (χ0) is 25.4. The summed E-state index contributed by atoms with van der Waals surface area (Å²) < 4.78 is 0. The topological polar surface area (TPSA) is 0 Å². The fourth-order valence-corrected chi connectivity index (χ4v) is 6.36. The first-order valence-electron chi connectivity index (χ1n) is 13.2. The van der Waals surface area contributed by atoms with Crippen LogP contribution in [0.1, 0.15) is 38.9 Å². The van der Waals surface area contributed by atoms with Crippen LogP contribution in [0.25, 0.3) is 11.1 Å². The van der Waals surface area contributed by atoms with Crippen LogP contribution in [0.5, 0.6) is 0 Å². The van der Waals surface area contributed by atoms with Crippen molar-refractivity contribution in [3.63, 3.8) is 0 Å². The summed E-state index contributed by atoms with van der Waals surface area (Å²) in [5, 5.41) is 0. The van der Waals surface area contributed by atoms with Crippen LogP contribution in [-0.4, -0.2) is 0 Å². The van der Waals surface area contributed by atoms with E-state index >= 15 is 0 Å². The Balaban J connectivity index is 1.65. The minimum Gasteiger partial charge on any atom is -0.0622 e. The molecule has 0 fully saturated rings. The van der Waals surface area contributed by atoms with Gasteiger partial charge in [-0.2, -0.15) is 0 Å². The van der Waals surface area contributed by atoms with Crippen molar-refractivity contribution in [1.82, 2.24) is 0 Å². The van der Waals surface area contributed by atoms with Crippen LogP contribution < -0.4 is 0 Å². The van der Waals surface area contributed by atoms with Gasteiger partial charge >= 0.3 is 0 Å². The van der Waals surface area contributed by atoms with Gasteiger partial charge in [0.15, 0.2) is 0 Å². The lowest BCUT2D eigenvalue weighted by Crippen LogP contribution is -2.32. The van der Waals surface area contributed by atoms with E-state index in [-0.39, 0.29) is 0 Å². The number of fused-ring (bicyclic) bond motifs is 3. The van der Waals surface area contributed by atoms with E-state index < -0.39 is 5.41 Å². The van der Waals surface area contributed by atoms with E-state index in [4.69, 9.17) is 0 Å². The first kappa shape index (κ1) is 22.5. The molecule has 0 aliphatic heterocycles. The van der Waals surface area contributed by atoms with Gasteiger partial charge in [-0.3, -0.25) is 0 Å². The van der Waals surface area contributed by atoms with Gasteiger partial charge in [0.2, 0.25) is 0 Å². The maximum atomic E-state index is 2.35. The number of hydrogen-bond acceptors (Lipinski definition) is 0. The summed E-state index contributed by atoms with van der Waals surface area (Å²) in [6.45, 7) is 0. The Morgan fingerprint density at radius 2 is 0.737 bits per heavy atom. The van der Waals surface area contributed by atoms with Crippen molar-refractivity contribution < 1.29 is 0 Å². The summed E-state index contributed by atoms with van der Waals surface area (Å²) in [6.07, 6.45) is 0. The van der Waals surface area contributed by atoms with Crippen LogP contribution in [0, 0.1) is 5.92 Å². The lowest BCUT2D eigenvalue weighted by molar-refractivity contribution is 0.739. The Morgan fingerprint density at radius 1 is 0.316 bits per heavy atom. The van der Waals surface area contributed by atoms with Crippen LogP contribution >= 0.6 is 0 Å². The summed E-state index contributed by atoms with van der Waals surface area (Å²) in [6, 6.07) is 59.6. The number of benzene rings is 6. The zero-order valence-corrected chi connectivity index (χ0v) is 21.1. The first-order valence-corrected chi connectivity index (χ1v) is 13.2. The van der Waals surface area contributed by atoms with E-state index in [2.05, 4.69) is 164 Å². The molecule has 1 radical (unpaired) electrons. The van der Waals surface area contributed by atoms with Gasteiger partial charge in [0, 0.05) is 0 Å². The van der Waals surface area contributed by atoms with E-state index in [0.717, 1.165) is 0 Å². The van der Waals surface area contributed by atoms with E-state index in [1.54, 1.807) is 0 Å². The molecular weight excluding hydrogens is 456 g/mol. The molecule has 7 rings (SSSR count). The summed E-state index contributed by atoms with van der Waals surface area (Å²) in [5.41, 5.74) is 11.0. The average molecular weight is 484 g/mol. The second kappa shape index (κ2) is 9.32. The highest BCUT2D eigenvalue weighted by molar-refractivity contribution is 5.89. The van der Waals surface area contributed by atoms with Crippen molar-refractivity contribution in [3.8, 4) is 11.1 Å². The van der Waals surface area contributed by atoms with Gasteiger partial charge in [0.25, 0.3) is 0 Å². The van der Waals surface area contributed by atoms with Crippen molar-refractivity contribution in [1.29, 1.82) is 0 Å². The third-order valence-corrected chi connectivity index (χ3v) is 7.89. The highest BCUT2D eigenvalue weighted by Gasteiger charge is 2.44. The highest BCUT2D eigenvalue weighted by atomic mass is 14.4. The van der Waals surface area contributed by atoms with Crippen LogP contribution in [-0.2, 0) is 5.41 Å². The molecular formula is C38H27. The third kappa shape index (κ3) is 3.38. The molecule has 0 heteroatoms. The second-order valence-corrected chi connectivity index (χ2v) is 9.86. The highest BCUT2D eigenvalue weighted by Crippen LogP contribution is 2.55. The van der Waals surface area contributed by atoms with Gasteiger partial charge < -0.3 is 0 Å². The quantitative estimate of drug-likeness (QED) is 0.214. The molecule has 0 nitrogen and oxygen atoms in total. The molecule has 179 valence electrons. The lowest BCUT2D eigenvalue weighted by atomic mass is 9.62. The van der Waals surface area contributed by atoms with E-state index in [1.807, 2.05) is 0 Å². The molecule has 0 amide bonds. The fraction of sp³-hybridized carbons (Fsp3) is 0.0263. The molecule has 6 aromatic rings. The Morgan fingerprint density at radius 3 is 1.26 bits per heavy atom. The second-order valence-electron chi connectivity index (χ2n) is 9.86. The van der Waals surface area contributed by atoms with Gasteiger partial charge in [0.05, 0.1) is 11.3 Å². The average Bonchev–Trinajstić information content (AvgIpc) is 3.35. The Labute approximate surface area is 224 Å². The number of rotatable bonds is 5. The molecule has 38 heavy (non-hydrogen) atoms. The summed E-state index contributed by atoms with van der Waals surface area (Å²) >= 11 is 0. The monoisotopic (exact) mass is 483 g/mol. The van der Waals surface area contributed by atoms with Crippen molar-refractivity contribution in [3.05, 3.63) is 209 Å². The fourth-order valence-electron chi connectivity index (χ4n) is 6.36. The van der Waals surface area contributed by atoms with Crippen molar-refractivity contribution >= 4 is 0 Å². The maximum absolute atomic E-state index is 2.35. The van der Waals surface area contributed by atoms with E-state index in [0.29, 0.717) is 0 Å². The van der Waals surface area contributed by atoms with Crippen LogP contribution in [0.2, 0.25) is 0 Å². The zero-order valence-electron chi connectivity index (χ0n) is 21.1. The molecule has 0 aromatic heterocycles. The molecule has 0 N–H and O–H groups in total. The van der Waals surface area contributed by atoms with Gasteiger partial charge in [0.1, 0.15) is 0 Å². The Kier molecular flexibility index (Phi) is 5.52. The van der Waals surface area contributed by atoms with Crippen molar-refractivity contribution in [2.24, 2.45) is 0 Å². The van der Waals surface area contributed by atoms with Crippen LogP contribution in [0.15, 0.2) is 164 Å². The molecule has 1 aliphatic carbocycles. The molecule has 6 aromatic carbocycles. The van der Waals surface area contributed by atoms with Gasteiger partial charge in [-0.15, -0.1) is 0 Å². The Bertz CT molecular complexity index is 1590. The molecule has 0 heterocycles. The lowest BCUT2D eigenvalue weighted by Gasteiger charge is -2.39. The standard InChI is InChI=1S/C38H27/c1-5-16-28(17-6-1)36-33-25-14-13-24-32(33)34-26-15-27-35(37(34)36)38(29-18-7-2-8-19-29,30-20-9-3-10-21-30)31-22-11-4-12-23-31/h1-27H. The molecule has 0 bridgehead atoms. The molecule has 0 saturated heterocycles. The maximum Gasteiger partial charge on any atom is 0.0704 e. The third-order valence-electron chi connectivity index (χ3n) is 7.89. The van der Waals surface area contributed by atoms with E-state index in [1.165, 1.54) is 56.0 Å². The van der Waals surface area contributed by atoms with E-state index in [9.17, 15) is 0 Å². The summed E-state index contributed by atoms with van der Waals surface area (Å²) in [7, 11) is 0. The van der Waals surface area contributed by atoms with Crippen molar-refractivity contribution in [2.75, 3.05) is 0 Å². The summed E-state index contributed by atoms with van der Waals surface area (Å²) in [4.78, 5) is 0. The van der Waals surface area contributed by atoms with Crippen LogP contribution in [0.3, 0.4) is 0 Å². The molecule has 0 unspecified atom stereocenters. The van der Waals surface area contributed by atoms with Crippen molar-refractivity contribution in [2.45, 2.75) is 5.41 Å². The van der Waals surface area contributed by atoms with Gasteiger partial charge in [-0.05, 0) is 50.1 Å². The predicted octanol–water partition coefficient (Wildman–Crippen LogP) is 9.07. The summed E-state index contributed by atoms with van der Waals surface area (Å²) in [5.74, 6) is 1.30. The normalized spacial score (nSPS) is 12.6. The minimum atomic E-state index is -0.503.